The van der Waals surface area contributed by atoms with Crippen molar-refractivity contribution >= 4 is 5.69 Å². The first-order valence-electron chi connectivity index (χ1n) is 8.09. The summed E-state index contributed by atoms with van der Waals surface area (Å²) in [6, 6.07) is 11.0. The van der Waals surface area contributed by atoms with Crippen LogP contribution in [0.5, 0.6) is 0 Å². The molecule has 0 radical (unpaired) electrons. The molecule has 1 aromatic heterocycles. The van der Waals surface area contributed by atoms with E-state index in [1.54, 1.807) is 0 Å². The number of rotatable bonds is 4. The Morgan fingerprint density at radius 1 is 1.10 bits per heavy atom. The third-order valence-corrected chi connectivity index (χ3v) is 4.73. The quantitative estimate of drug-likeness (QED) is 0.895. The fourth-order valence-electron chi connectivity index (χ4n) is 3.36. The predicted molar refractivity (Wildman–Crippen MR) is 87.8 cm³/mol. The van der Waals surface area contributed by atoms with Crippen LogP contribution in [0.25, 0.3) is 5.69 Å². The van der Waals surface area contributed by atoms with Crippen LogP contribution in [0.4, 0.5) is 5.69 Å². The van der Waals surface area contributed by atoms with Crippen LogP contribution < -0.4 is 5.32 Å². The van der Waals surface area contributed by atoms with Gasteiger partial charge in [-0.15, -0.1) is 0 Å². The van der Waals surface area contributed by atoms with Gasteiger partial charge in [0.15, 0.2) is 0 Å². The largest absolute Gasteiger partial charge is 0.381 e. The molecule has 0 spiro atoms. The third kappa shape index (κ3) is 3.29. The van der Waals surface area contributed by atoms with Crippen molar-refractivity contribution in [3.8, 4) is 5.69 Å². The van der Waals surface area contributed by atoms with Crippen molar-refractivity contribution in [2.24, 2.45) is 11.8 Å². The molecule has 21 heavy (non-hydrogen) atoms. The molecule has 3 rings (SSSR count). The maximum absolute atomic E-state index is 4.35. The van der Waals surface area contributed by atoms with Gasteiger partial charge in [-0.1, -0.05) is 26.0 Å². The van der Waals surface area contributed by atoms with Crippen LogP contribution in [0.2, 0.25) is 0 Å². The van der Waals surface area contributed by atoms with Gasteiger partial charge in [0.05, 0.1) is 11.4 Å². The second-order valence-corrected chi connectivity index (χ2v) is 6.47. The summed E-state index contributed by atoms with van der Waals surface area (Å²) in [6.07, 6.45) is 9.06. The van der Waals surface area contributed by atoms with Gasteiger partial charge in [-0.2, -0.15) is 5.10 Å². The fourth-order valence-corrected chi connectivity index (χ4v) is 3.36. The SMILES string of the molecule is CC(C)C1CCC(Nc2ccccc2-n2cccn2)CC1. The minimum Gasteiger partial charge on any atom is -0.381 e. The molecule has 0 bridgehead atoms. The van der Waals surface area contributed by atoms with Crippen LogP contribution in [-0.4, -0.2) is 15.8 Å². The van der Waals surface area contributed by atoms with Crippen molar-refractivity contribution in [1.29, 1.82) is 0 Å². The molecular weight excluding hydrogens is 258 g/mol. The average Bonchev–Trinajstić information content (AvgIpc) is 3.02. The molecule has 0 amide bonds. The summed E-state index contributed by atoms with van der Waals surface area (Å²) in [5.74, 6) is 1.73. The Morgan fingerprint density at radius 3 is 2.52 bits per heavy atom. The number of hydrogen-bond donors (Lipinski definition) is 1. The number of para-hydroxylation sites is 2. The summed E-state index contributed by atoms with van der Waals surface area (Å²) in [7, 11) is 0. The molecule has 0 unspecified atom stereocenters. The molecule has 1 heterocycles. The van der Waals surface area contributed by atoms with Crippen LogP contribution in [-0.2, 0) is 0 Å². The lowest BCUT2D eigenvalue weighted by atomic mass is 9.79. The molecule has 1 aromatic carbocycles. The van der Waals surface area contributed by atoms with Crippen LogP contribution in [0.3, 0.4) is 0 Å². The highest BCUT2D eigenvalue weighted by Crippen LogP contribution is 2.32. The lowest BCUT2D eigenvalue weighted by Crippen LogP contribution is -2.28. The van der Waals surface area contributed by atoms with E-state index >= 15 is 0 Å². The summed E-state index contributed by atoms with van der Waals surface area (Å²) in [4.78, 5) is 0. The first-order valence-corrected chi connectivity index (χ1v) is 8.09. The van der Waals surface area contributed by atoms with E-state index in [1.807, 2.05) is 23.1 Å². The number of nitrogens with zero attached hydrogens (tertiary/aromatic N) is 2. The van der Waals surface area contributed by atoms with Gasteiger partial charge < -0.3 is 5.32 Å². The van der Waals surface area contributed by atoms with E-state index in [-0.39, 0.29) is 0 Å². The summed E-state index contributed by atoms with van der Waals surface area (Å²) >= 11 is 0. The smallest absolute Gasteiger partial charge is 0.0876 e. The number of hydrogen-bond acceptors (Lipinski definition) is 2. The molecule has 1 fully saturated rings. The minimum absolute atomic E-state index is 0.594. The van der Waals surface area contributed by atoms with Gasteiger partial charge in [0.1, 0.15) is 0 Å². The van der Waals surface area contributed by atoms with Crippen LogP contribution in [0.15, 0.2) is 42.7 Å². The molecule has 2 aromatic rings. The normalized spacial score (nSPS) is 22.4. The first kappa shape index (κ1) is 14.2. The Bertz CT molecular complexity index is 552. The van der Waals surface area contributed by atoms with Crippen molar-refractivity contribution < 1.29 is 0 Å². The monoisotopic (exact) mass is 283 g/mol. The van der Waals surface area contributed by atoms with E-state index in [0.29, 0.717) is 6.04 Å². The van der Waals surface area contributed by atoms with E-state index in [1.165, 1.54) is 31.4 Å². The molecule has 1 saturated carbocycles. The highest BCUT2D eigenvalue weighted by Gasteiger charge is 2.23. The van der Waals surface area contributed by atoms with Gasteiger partial charge in [-0.25, -0.2) is 4.68 Å². The average molecular weight is 283 g/mol. The van der Waals surface area contributed by atoms with Crippen LogP contribution in [0, 0.1) is 11.8 Å². The Morgan fingerprint density at radius 2 is 1.86 bits per heavy atom. The third-order valence-electron chi connectivity index (χ3n) is 4.73. The number of benzene rings is 1. The summed E-state index contributed by atoms with van der Waals surface area (Å²) in [5, 5.41) is 8.09. The number of anilines is 1. The van der Waals surface area contributed by atoms with E-state index in [0.717, 1.165) is 17.5 Å². The molecule has 0 aliphatic heterocycles. The second kappa shape index (κ2) is 6.33. The van der Waals surface area contributed by atoms with Gasteiger partial charge in [0, 0.05) is 18.4 Å². The zero-order valence-electron chi connectivity index (χ0n) is 13.0. The van der Waals surface area contributed by atoms with Gasteiger partial charge in [-0.05, 0) is 55.7 Å². The molecule has 3 nitrogen and oxygen atoms in total. The highest BCUT2D eigenvalue weighted by atomic mass is 15.3. The zero-order chi connectivity index (χ0) is 14.7. The Hall–Kier alpha value is -1.77. The summed E-state index contributed by atoms with van der Waals surface area (Å²) in [6.45, 7) is 4.71. The van der Waals surface area contributed by atoms with Crippen molar-refractivity contribution in [1.82, 2.24) is 9.78 Å². The van der Waals surface area contributed by atoms with E-state index < -0.39 is 0 Å². The van der Waals surface area contributed by atoms with Gasteiger partial charge >= 0.3 is 0 Å². The van der Waals surface area contributed by atoms with E-state index in [9.17, 15) is 0 Å². The Labute approximate surface area is 127 Å². The molecule has 1 aliphatic rings. The van der Waals surface area contributed by atoms with Crippen LogP contribution >= 0.6 is 0 Å². The van der Waals surface area contributed by atoms with E-state index in [2.05, 4.69) is 48.5 Å². The molecule has 112 valence electrons. The molecule has 0 atom stereocenters. The van der Waals surface area contributed by atoms with E-state index in [4.69, 9.17) is 0 Å². The summed E-state index contributed by atoms with van der Waals surface area (Å²) in [5.41, 5.74) is 2.32. The Balaban J connectivity index is 1.69. The van der Waals surface area contributed by atoms with Crippen LogP contribution in [0.1, 0.15) is 39.5 Å². The highest BCUT2D eigenvalue weighted by molar-refractivity contribution is 5.61. The molecule has 0 saturated heterocycles. The van der Waals surface area contributed by atoms with Gasteiger partial charge in [-0.3, -0.25) is 0 Å². The van der Waals surface area contributed by atoms with Crippen molar-refractivity contribution in [3.05, 3.63) is 42.7 Å². The fraction of sp³-hybridized carbons (Fsp3) is 0.500. The van der Waals surface area contributed by atoms with Gasteiger partial charge in [0.25, 0.3) is 0 Å². The minimum atomic E-state index is 0.594. The van der Waals surface area contributed by atoms with Gasteiger partial charge in [0.2, 0.25) is 0 Å². The predicted octanol–water partition coefficient (Wildman–Crippen LogP) is 4.50. The molecule has 3 heteroatoms. The van der Waals surface area contributed by atoms with Crippen molar-refractivity contribution in [2.45, 2.75) is 45.6 Å². The maximum atomic E-state index is 4.35. The lowest BCUT2D eigenvalue weighted by molar-refractivity contribution is 0.267. The van der Waals surface area contributed by atoms with Crippen molar-refractivity contribution in [2.75, 3.05) is 5.32 Å². The summed E-state index contributed by atoms with van der Waals surface area (Å²) < 4.78 is 1.93. The molecular formula is C18H25N3. The standard InChI is InChI=1S/C18H25N3/c1-14(2)15-8-10-16(11-9-15)20-17-6-3-4-7-18(17)21-13-5-12-19-21/h3-7,12-16,20H,8-11H2,1-2H3. The topological polar surface area (TPSA) is 29.9 Å². The zero-order valence-corrected chi connectivity index (χ0v) is 13.0. The Kier molecular flexibility index (Phi) is 4.28. The number of aromatic nitrogens is 2. The maximum Gasteiger partial charge on any atom is 0.0876 e. The second-order valence-electron chi connectivity index (χ2n) is 6.47. The molecule has 1 aliphatic carbocycles. The molecule has 1 N–H and O–H groups in total. The lowest BCUT2D eigenvalue weighted by Gasteiger charge is -2.32. The number of nitrogens with one attached hydrogen (secondary N) is 1. The van der Waals surface area contributed by atoms with Crippen molar-refractivity contribution in [3.63, 3.8) is 0 Å². The first-order chi connectivity index (χ1) is 10.2.